The van der Waals surface area contributed by atoms with Gasteiger partial charge in [0.05, 0.1) is 17.5 Å². The Morgan fingerprint density at radius 3 is 2.77 bits per heavy atom. The molecule has 0 bridgehead atoms. The smallest absolute Gasteiger partial charge is 0.315 e. The number of alkyl halides is 1. The average molecular weight is 299 g/mol. The zero-order valence-electron chi connectivity index (χ0n) is 7.64. The van der Waals surface area contributed by atoms with Crippen LogP contribution in [0.5, 0.6) is 0 Å². The lowest BCUT2D eigenvalue weighted by atomic mass is 10.4. The highest BCUT2D eigenvalue weighted by atomic mass is 127. The Hall–Kier alpha value is 0.120. The van der Waals surface area contributed by atoms with Crippen LogP contribution in [0, 0.1) is 0 Å². The second-order valence-corrected chi connectivity index (χ2v) is 3.87. The van der Waals surface area contributed by atoms with Crippen molar-refractivity contribution in [3.63, 3.8) is 0 Å². The normalized spacial score (nSPS) is 18.5. The third-order valence-electron chi connectivity index (χ3n) is 2.14. The molecule has 0 unspecified atom stereocenters. The first kappa shape index (κ1) is 11.2. The summed E-state index contributed by atoms with van der Waals surface area (Å²) in [6, 6.07) is 0. The standard InChI is InChI=1S/C8H15IN2O2/c9-7-8(12)13-6-5-11-3-1-10-2-4-11/h10H,1-7H2/p+1. The van der Waals surface area contributed by atoms with Crippen molar-refractivity contribution in [3.8, 4) is 0 Å². The highest BCUT2D eigenvalue weighted by molar-refractivity contribution is 14.1. The van der Waals surface area contributed by atoms with Gasteiger partial charge in [-0.3, -0.25) is 4.79 Å². The van der Waals surface area contributed by atoms with Crippen LogP contribution in [0.3, 0.4) is 0 Å². The molecule has 1 fully saturated rings. The Morgan fingerprint density at radius 2 is 2.15 bits per heavy atom. The summed E-state index contributed by atoms with van der Waals surface area (Å²) in [5, 5.41) is 3.30. The van der Waals surface area contributed by atoms with Gasteiger partial charge in [-0.15, -0.1) is 0 Å². The van der Waals surface area contributed by atoms with Crippen molar-refractivity contribution in [2.45, 2.75) is 0 Å². The van der Waals surface area contributed by atoms with Crippen molar-refractivity contribution < 1.29 is 14.4 Å². The molecule has 0 saturated carbocycles. The molecule has 0 radical (unpaired) electrons. The second-order valence-electron chi connectivity index (χ2n) is 3.10. The van der Waals surface area contributed by atoms with Crippen LogP contribution in [-0.2, 0) is 9.53 Å². The summed E-state index contributed by atoms with van der Waals surface area (Å²) in [6.45, 7) is 5.95. The summed E-state index contributed by atoms with van der Waals surface area (Å²) in [7, 11) is 0. The summed E-state index contributed by atoms with van der Waals surface area (Å²) in [6.07, 6.45) is 0. The molecule has 0 aromatic heterocycles. The van der Waals surface area contributed by atoms with E-state index in [-0.39, 0.29) is 5.97 Å². The third kappa shape index (κ3) is 4.78. The van der Waals surface area contributed by atoms with Crippen LogP contribution in [-0.4, -0.2) is 49.7 Å². The second kappa shape index (κ2) is 6.56. The van der Waals surface area contributed by atoms with Gasteiger partial charge in [0.2, 0.25) is 0 Å². The molecule has 4 nitrogen and oxygen atoms in total. The highest BCUT2D eigenvalue weighted by Gasteiger charge is 2.12. The van der Waals surface area contributed by atoms with E-state index in [4.69, 9.17) is 4.74 Å². The summed E-state index contributed by atoms with van der Waals surface area (Å²) in [5.41, 5.74) is 0. The number of esters is 1. The molecular formula is C8H16IN2O2+. The molecule has 0 aromatic carbocycles. The zero-order valence-corrected chi connectivity index (χ0v) is 9.80. The number of ether oxygens (including phenoxy) is 1. The lowest BCUT2D eigenvalue weighted by Crippen LogP contribution is -3.15. The van der Waals surface area contributed by atoms with E-state index in [1.807, 2.05) is 22.6 Å². The minimum Gasteiger partial charge on any atom is -0.459 e. The molecular weight excluding hydrogens is 283 g/mol. The third-order valence-corrected chi connectivity index (χ3v) is 2.76. The number of quaternary nitrogens is 1. The van der Waals surface area contributed by atoms with Crippen molar-refractivity contribution in [2.24, 2.45) is 0 Å². The van der Waals surface area contributed by atoms with Crippen LogP contribution in [0.4, 0.5) is 0 Å². The van der Waals surface area contributed by atoms with E-state index in [1.54, 1.807) is 0 Å². The zero-order chi connectivity index (χ0) is 9.52. The summed E-state index contributed by atoms with van der Waals surface area (Å²) < 4.78 is 5.46. The van der Waals surface area contributed by atoms with E-state index in [0.717, 1.165) is 32.7 Å². The van der Waals surface area contributed by atoms with Gasteiger partial charge in [-0.2, -0.15) is 0 Å². The lowest BCUT2D eigenvalue weighted by Gasteiger charge is -2.23. The van der Waals surface area contributed by atoms with Crippen LogP contribution >= 0.6 is 22.6 Å². The molecule has 1 saturated heterocycles. The van der Waals surface area contributed by atoms with E-state index in [2.05, 4.69) is 5.32 Å². The van der Waals surface area contributed by atoms with E-state index < -0.39 is 0 Å². The molecule has 5 heteroatoms. The summed E-state index contributed by atoms with van der Waals surface area (Å²) in [5.74, 6) is -0.102. The maximum absolute atomic E-state index is 10.8. The first-order valence-electron chi connectivity index (χ1n) is 4.59. The van der Waals surface area contributed by atoms with Gasteiger partial charge in [0.15, 0.2) is 0 Å². The van der Waals surface area contributed by atoms with E-state index in [9.17, 15) is 4.79 Å². The van der Waals surface area contributed by atoms with Gasteiger partial charge in [-0.05, 0) is 0 Å². The van der Waals surface area contributed by atoms with Crippen LogP contribution < -0.4 is 10.2 Å². The first-order valence-corrected chi connectivity index (χ1v) is 6.11. The Labute approximate surface area is 92.1 Å². The number of rotatable bonds is 4. The number of carbonyl (C=O) groups excluding carboxylic acids is 1. The van der Waals surface area contributed by atoms with Crippen molar-refractivity contribution in [1.29, 1.82) is 0 Å². The van der Waals surface area contributed by atoms with Crippen LogP contribution in [0.1, 0.15) is 0 Å². The van der Waals surface area contributed by atoms with Crippen molar-refractivity contribution in [1.82, 2.24) is 5.32 Å². The molecule has 1 aliphatic rings. The Balaban J connectivity index is 2.01. The Kier molecular flexibility index (Phi) is 5.65. The van der Waals surface area contributed by atoms with Gasteiger partial charge in [-0.1, -0.05) is 22.6 Å². The highest BCUT2D eigenvalue weighted by Crippen LogP contribution is 1.84. The predicted molar refractivity (Wildman–Crippen MR) is 58.3 cm³/mol. The average Bonchev–Trinajstić information content (AvgIpc) is 2.19. The van der Waals surface area contributed by atoms with Gasteiger partial charge in [-0.25, -0.2) is 0 Å². The molecule has 1 aliphatic heterocycles. The van der Waals surface area contributed by atoms with Gasteiger partial charge in [0.1, 0.15) is 13.2 Å². The lowest BCUT2D eigenvalue weighted by molar-refractivity contribution is -0.901. The topological polar surface area (TPSA) is 42.8 Å². The quantitative estimate of drug-likeness (QED) is 0.375. The summed E-state index contributed by atoms with van der Waals surface area (Å²) in [4.78, 5) is 12.3. The maximum atomic E-state index is 10.8. The van der Waals surface area contributed by atoms with E-state index >= 15 is 0 Å². The largest absolute Gasteiger partial charge is 0.459 e. The molecule has 76 valence electrons. The number of carbonyl (C=O) groups is 1. The Bertz CT molecular complexity index is 160. The monoisotopic (exact) mass is 299 g/mol. The number of piperazine rings is 1. The molecule has 0 aromatic rings. The number of halogens is 1. The number of hydrogen-bond acceptors (Lipinski definition) is 3. The van der Waals surface area contributed by atoms with Crippen LogP contribution in [0.25, 0.3) is 0 Å². The molecule has 0 amide bonds. The Morgan fingerprint density at radius 1 is 1.46 bits per heavy atom. The van der Waals surface area contributed by atoms with Crippen molar-refractivity contribution in [2.75, 3.05) is 43.8 Å². The fourth-order valence-electron chi connectivity index (χ4n) is 1.38. The molecule has 2 N–H and O–H groups in total. The molecule has 0 atom stereocenters. The molecule has 1 rings (SSSR count). The summed E-state index contributed by atoms with van der Waals surface area (Å²) >= 11 is 2.02. The number of nitrogens with one attached hydrogen (secondary N) is 2. The van der Waals surface area contributed by atoms with Crippen LogP contribution in [0.15, 0.2) is 0 Å². The number of hydrogen-bond donors (Lipinski definition) is 2. The van der Waals surface area contributed by atoms with Crippen molar-refractivity contribution >= 4 is 28.6 Å². The van der Waals surface area contributed by atoms with Crippen molar-refractivity contribution in [3.05, 3.63) is 0 Å². The maximum Gasteiger partial charge on any atom is 0.315 e. The SMILES string of the molecule is O=C(CI)OCC[NH+]1CCNCC1. The minimum atomic E-state index is -0.102. The van der Waals surface area contributed by atoms with Gasteiger partial charge in [0, 0.05) is 13.1 Å². The van der Waals surface area contributed by atoms with Gasteiger partial charge < -0.3 is 15.0 Å². The molecule has 0 spiro atoms. The molecule has 0 aliphatic carbocycles. The van der Waals surface area contributed by atoms with Gasteiger partial charge in [0.25, 0.3) is 0 Å². The minimum absolute atomic E-state index is 0.102. The predicted octanol–water partition coefficient (Wildman–Crippen LogP) is -1.55. The van der Waals surface area contributed by atoms with E-state index in [1.165, 1.54) is 4.90 Å². The molecule has 1 heterocycles. The van der Waals surface area contributed by atoms with Gasteiger partial charge >= 0.3 is 5.97 Å². The van der Waals surface area contributed by atoms with Crippen LogP contribution in [0.2, 0.25) is 0 Å². The molecule has 13 heavy (non-hydrogen) atoms. The van der Waals surface area contributed by atoms with E-state index in [0.29, 0.717) is 11.0 Å². The first-order chi connectivity index (χ1) is 6.33. The fraction of sp³-hybridized carbons (Fsp3) is 0.875. The fourth-order valence-corrected chi connectivity index (χ4v) is 1.60.